The van der Waals surface area contributed by atoms with Crippen LogP contribution in [0.25, 0.3) is 0 Å². The van der Waals surface area contributed by atoms with Crippen LogP contribution in [0, 0.1) is 0 Å². The second kappa shape index (κ2) is 13.1. The van der Waals surface area contributed by atoms with Crippen molar-refractivity contribution in [2.24, 2.45) is 0 Å². The number of hydrogen-bond acceptors (Lipinski definition) is 6. The molecular formula is C24H33NO5. The molecule has 30 heavy (non-hydrogen) atoms. The molecular weight excluding hydrogens is 382 g/mol. The summed E-state index contributed by atoms with van der Waals surface area (Å²) in [6, 6.07) is 17.1. The highest BCUT2D eigenvalue weighted by Gasteiger charge is 2.14. The van der Waals surface area contributed by atoms with E-state index in [-0.39, 0.29) is 6.61 Å². The lowest BCUT2D eigenvalue weighted by Gasteiger charge is -2.14. The van der Waals surface area contributed by atoms with E-state index in [4.69, 9.17) is 18.9 Å². The number of ether oxygens (including phenoxy) is 4. The monoisotopic (exact) mass is 415 g/mol. The first-order chi connectivity index (χ1) is 14.8. The number of aliphatic hydroxyl groups excluding tert-OH is 1. The number of nitrogens with one attached hydrogen (secondary N) is 1. The van der Waals surface area contributed by atoms with Crippen molar-refractivity contribution in [3.8, 4) is 17.2 Å². The maximum Gasteiger partial charge on any atom is 0.119 e. The van der Waals surface area contributed by atoms with E-state index in [0.717, 1.165) is 11.5 Å². The van der Waals surface area contributed by atoms with Crippen LogP contribution < -0.4 is 19.5 Å². The minimum atomic E-state index is -0.592. The molecule has 1 aliphatic rings. The van der Waals surface area contributed by atoms with Crippen molar-refractivity contribution in [1.82, 2.24) is 5.32 Å². The van der Waals surface area contributed by atoms with Gasteiger partial charge < -0.3 is 29.4 Å². The molecule has 0 saturated heterocycles. The zero-order valence-corrected chi connectivity index (χ0v) is 17.5. The zero-order chi connectivity index (χ0) is 20.9. The lowest BCUT2D eigenvalue weighted by molar-refractivity contribution is 0.0382. The van der Waals surface area contributed by atoms with E-state index in [1.54, 1.807) is 0 Å². The van der Waals surface area contributed by atoms with Crippen LogP contribution >= 0.6 is 0 Å². The molecule has 0 aromatic heterocycles. The molecule has 1 unspecified atom stereocenters. The molecule has 0 bridgehead atoms. The Morgan fingerprint density at radius 3 is 2.17 bits per heavy atom. The van der Waals surface area contributed by atoms with Gasteiger partial charge in [0.05, 0.1) is 12.7 Å². The van der Waals surface area contributed by atoms with E-state index < -0.39 is 6.10 Å². The summed E-state index contributed by atoms with van der Waals surface area (Å²) >= 11 is 0. The lowest BCUT2D eigenvalue weighted by atomic mass is 10.3. The Morgan fingerprint density at radius 1 is 0.800 bits per heavy atom. The molecule has 1 saturated carbocycles. The molecule has 1 aliphatic carbocycles. The highest BCUT2D eigenvalue weighted by molar-refractivity contribution is 5.31. The predicted octanol–water partition coefficient (Wildman–Crippen LogP) is 3.43. The number of benzene rings is 2. The normalized spacial score (nSPS) is 15.1. The Balaban J connectivity index is 1.21. The van der Waals surface area contributed by atoms with Crippen LogP contribution in [0.4, 0.5) is 0 Å². The largest absolute Gasteiger partial charge is 0.492 e. The third kappa shape index (κ3) is 8.61. The summed E-state index contributed by atoms with van der Waals surface area (Å²) in [5.74, 6) is 2.34. The summed E-state index contributed by atoms with van der Waals surface area (Å²) in [5.41, 5.74) is 0. The molecule has 1 atom stereocenters. The summed E-state index contributed by atoms with van der Waals surface area (Å²) in [7, 11) is 0. The molecule has 0 spiro atoms. The Morgan fingerprint density at radius 2 is 1.43 bits per heavy atom. The molecule has 2 aromatic carbocycles. The van der Waals surface area contributed by atoms with Gasteiger partial charge in [0.15, 0.2) is 0 Å². The van der Waals surface area contributed by atoms with Crippen LogP contribution in [0.2, 0.25) is 0 Å². The maximum absolute atomic E-state index is 10.0. The summed E-state index contributed by atoms with van der Waals surface area (Å²) < 4.78 is 22.7. The van der Waals surface area contributed by atoms with Crippen molar-refractivity contribution in [2.45, 2.75) is 37.9 Å². The molecule has 6 heteroatoms. The van der Waals surface area contributed by atoms with Crippen LogP contribution in [-0.4, -0.2) is 56.8 Å². The average Bonchev–Trinajstić information content (AvgIpc) is 3.30. The fraction of sp³-hybridized carbons (Fsp3) is 0.500. The van der Waals surface area contributed by atoms with Gasteiger partial charge in [0.25, 0.3) is 0 Å². The van der Waals surface area contributed by atoms with Crippen molar-refractivity contribution in [1.29, 1.82) is 0 Å². The Bertz CT molecular complexity index is 689. The summed E-state index contributed by atoms with van der Waals surface area (Å²) in [6.45, 7) is 3.04. The third-order valence-electron chi connectivity index (χ3n) is 4.94. The SMILES string of the molecule is OC(CNCCOc1ccccc1)COc1ccc(OCCOC2CCCC2)cc1. The van der Waals surface area contributed by atoms with Gasteiger partial charge in [0.2, 0.25) is 0 Å². The number of hydrogen-bond donors (Lipinski definition) is 2. The fourth-order valence-corrected chi connectivity index (χ4v) is 3.34. The van der Waals surface area contributed by atoms with Crippen molar-refractivity contribution in [2.75, 3.05) is 39.5 Å². The van der Waals surface area contributed by atoms with Gasteiger partial charge in [0, 0.05) is 13.1 Å². The van der Waals surface area contributed by atoms with E-state index in [2.05, 4.69) is 5.32 Å². The average molecular weight is 416 g/mol. The van der Waals surface area contributed by atoms with Gasteiger partial charge in [-0.2, -0.15) is 0 Å². The van der Waals surface area contributed by atoms with E-state index >= 15 is 0 Å². The Labute approximate surface area is 179 Å². The topological polar surface area (TPSA) is 69.2 Å². The Kier molecular flexibility index (Phi) is 9.79. The summed E-state index contributed by atoms with van der Waals surface area (Å²) in [6.07, 6.45) is 4.73. The minimum Gasteiger partial charge on any atom is -0.492 e. The van der Waals surface area contributed by atoms with Gasteiger partial charge in [-0.3, -0.25) is 0 Å². The summed E-state index contributed by atoms with van der Waals surface area (Å²) in [5, 5.41) is 13.2. The molecule has 2 aromatic rings. The molecule has 0 aliphatic heterocycles. The van der Waals surface area contributed by atoms with Crippen molar-refractivity contribution in [3.05, 3.63) is 54.6 Å². The quantitative estimate of drug-likeness (QED) is 0.461. The molecule has 2 N–H and O–H groups in total. The summed E-state index contributed by atoms with van der Waals surface area (Å²) in [4.78, 5) is 0. The molecule has 6 nitrogen and oxygen atoms in total. The van der Waals surface area contributed by atoms with Gasteiger partial charge >= 0.3 is 0 Å². The van der Waals surface area contributed by atoms with Crippen molar-refractivity contribution < 1.29 is 24.1 Å². The van der Waals surface area contributed by atoms with Crippen LogP contribution in [0.15, 0.2) is 54.6 Å². The molecule has 164 valence electrons. The first-order valence-corrected chi connectivity index (χ1v) is 10.8. The van der Waals surface area contributed by atoms with Crippen molar-refractivity contribution >= 4 is 0 Å². The van der Waals surface area contributed by atoms with E-state index in [1.807, 2.05) is 54.6 Å². The van der Waals surface area contributed by atoms with E-state index in [9.17, 15) is 5.11 Å². The molecule has 1 fully saturated rings. The first kappa shape index (κ1) is 22.4. The van der Waals surface area contributed by atoms with Gasteiger partial charge in [-0.25, -0.2) is 0 Å². The lowest BCUT2D eigenvalue weighted by Crippen LogP contribution is -2.33. The molecule has 0 heterocycles. The van der Waals surface area contributed by atoms with Gasteiger partial charge in [-0.15, -0.1) is 0 Å². The van der Waals surface area contributed by atoms with Gasteiger partial charge in [-0.05, 0) is 49.2 Å². The smallest absolute Gasteiger partial charge is 0.119 e. The standard InChI is InChI=1S/C24H33NO5/c26-20(18-25-14-15-27-21-6-2-1-3-7-21)19-30-24-12-10-23(11-13-24)29-17-16-28-22-8-4-5-9-22/h1-3,6-7,10-13,20,22,25-26H,4-5,8-9,14-19H2. The van der Waals surface area contributed by atoms with E-state index in [0.29, 0.717) is 44.8 Å². The highest BCUT2D eigenvalue weighted by atomic mass is 16.5. The minimum absolute atomic E-state index is 0.224. The van der Waals surface area contributed by atoms with E-state index in [1.165, 1.54) is 25.7 Å². The highest BCUT2D eigenvalue weighted by Crippen LogP contribution is 2.21. The Hall–Kier alpha value is -2.28. The molecule has 0 amide bonds. The third-order valence-corrected chi connectivity index (χ3v) is 4.94. The van der Waals surface area contributed by atoms with Crippen LogP contribution in [-0.2, 0) is 4.74 Å². The van der Waals surface area contributed by atoms with Gasteiger partial charge in [-0.1, -0.05) is 31.0 Å². The maximum atomic E-state index is 10.0. The number of rotatable bonds is 14. The van der Waals surface area contributed by atoms with Crippen LogP contribution in [0.1, 0.15) is 25.7 Å². The molecule has 3 rings (SSSR count). The molecule has 0 radical (unpaired) electrons. The first-order valence-electron chi connectivity index (χ1n) is 10.8. The number of para-hydroxylation sites is 1. The van der Waals surface area contributed by atoms with Crippen LogP contribution in [0.5, 0.6) is 17.2 Å². The second-order valence-corrected chi connectivity index (χ2v) is 7.43. The zero-order valence-electron chi connectivity index (χ0n) is 17.5. The van der Waals surface area contributed by atoms with Crippen LogP contribution in [0.3, 0.4) is 0 Å². The predicted molar refractivity (Wildman–Crippen MR) is 116 cm³/mol. The fourth-order valence-electron chi connectivity index (χ4n) is 3.34. The number of aliphatic hydroxyl groups is 1. The second-order valence-electron chi connectivity index (χ2n) is 7.43. The van der Waals surface area contributed by atoms with Crippen molar-refractivity contribution in [3.63, 3.8) is 0 Å². The van der Waals surface area contributed by atoms with Gasteiger partial charge in [0.1, 0.15) is 43.2 Å².